The molecular formula is C38H74O4Si3. The molecule has 0 spiro atoms. The lowest BCUT2D eigenvalue weighted by molar-refractivity contribution is -0.115. The lowest BCUT2D eigenvalue weighted by atomic mass is 9.96. The van der Waals surface area contributed by atoms with Crippen molar-refractivity contribution < 1.29 is 18.1 Å². The Morgan fingerprint density at radius 1 is 0.822 bits per heavy atom. The van der Waals surface area contributed by atoms with E-state index >= 15 is 0 Å². The number of allylic oxidation sites excluding steroid dienone is 3. The quantitative estimate of drug-likeness (QED) is 0.0441. The molecule has 0 aliphatic rings. The van der Waals surface area contributed by atoms with Gasteiger partial charge in [0.15, 0.2) is 30.7 Å². The van der Waals surface area contributed by atoms with Gasteiger partial charge >= 0.3 is 0 Å². The van der Waals surface area contributed by atoms with Crippen LogP contribution in [0.2, 0.25) is 54.4 Å². The number of carbonyl (C=O) groups excluding carboxylic acids is 1. The van der Waals surface area contributed by atoms with E-state index < -0.39 is 25.0 Å². The van der Waals surface area contributed by atoms with Crippen LogP contribution in [0.25, 0.3) is 0 Å². The zero-order chi connectivity index (χ0) is 34.9. The Kier molecular flexibility index (Phi) is 20.8. The summed E-state index contributed by atoms with van der Waals surface area (Å²) < 4.78 is 20.2. The van der Waals surface area contributed by atoms with Crippen LogP contribution in [0.1, 0.15) is 102 Å². The number of ketones is 1. The summed E-state index contributed by atoms with van der Waals surface area (Å²) in [6, 6.07) is 6.69. The Morgan fingerprint density at radius 2 is 1.33 bits per heavy atom. The van der Waals surface area contributed by atoms with Crippen LogP contribution in [0.5, 0.6) is 0 Å². The van der Waals surface area contributed by atoms with E-state index in [1.54, 1.807) is 6.08 Å². The van der Waals surface area contributed by atoms with Gasteiger partial charge in [-0.25, -0.2) is 0 Å². The van der Waals surface area contributed by atoms with Gasteiger partial charge in [0, 0.05) is 6.42 Å². The van der Waals surface area contributed by atoms with E-state index in [0.29, 0.717) is 13.0 Å². The highest BCUT2D eigenvalue weighted by Gasteiger charge is 2.37. The third kappa shape index (κ3) is 15.3. The summed E-state index contributed by atoms with van der Waals surface area (Å²) in [7, 11) is -5.35. The SMILES string of the molecule is C=CC[C@@H](O[Si](CC)(CC)CC)[C@@H](C)/C=C/C(=O)CC[C@H](C)[C@H](/C=C/C(C)=C/CO[Si](C)(C)C(C)(C)C)O[Si](CC)(CC)CC. The number of carbonyl (C=O) groups is 1. The molecule has 45 heavy (non-hydrogen) atoms. The summed E-state index contributed by atoms with van der Waals surface area (Å²) in [5.41, 5.74) is 1.19. The second-order valence-electron chi connectivity index (χ2n) is 14.8. The third-order valence-corrected chi connectivity index (χ3v) is 24.6. The van der Waals surface area contributed by atoms with E-state index in [-0.39, 0.29) is 34.9 Å². The number of rotatable bonds is 24. The van der Waals surface area contributed by atoms with Crippen molar-refractivity contribution in [1.82, 2.24) is 0 Å². The van der Waals surface area contributed by atoms with Crippen molar-refractivity contribution in [3.8, 4) is 0 Å². The second-order valence-corrected chi connectivity index (χ2v) is 29.1. The third-order valence-electron chi connectivity index (χ3n) is 10.8. The summed E-state index contributed by atoms with van der Waals surface area (Å²) in [6.45, 7) is 36.2. The summed E-state index contributed by atoms with van der Waals surface area (Å²) in [6.07, 6.45) is 14.7. The van der Waals surface area contributed by atoms with Crippen molar-refractivity contribution in [2.45, 2.75) is 169 Å². The van der Waals surface area contributed by atoms with Gasteiger partial charge in [0.05, 0.1) is 18.8 Å². The molecule has 262 valence electrons. The van der Waals surface area contributed by atoms with Crippen molar-refractivity contribution in [1.29, 1.82) is 0 Å². The largest absolute Gasteiger partial charge is 0.413 e. The maximum Gasteiger partial charge on any atom is 0.192 e. The Morgan fingerprint density at radius 3 is 1.80 bits per heavy atom. The molecule has 0 heterocycles. The average molecular weight is 679 g/mol. The van der Waals surface area contributed by atoms with Gasteiger partial charge in [-0.05, 0) is 92.1 Å². The second kappa shape index (κ2) is 21.2. The molecule has 0 aromatic rings. The molecule has 0 bridgehead atoms. The average Bonchev–Trinajstić information content (AvgIpc) is 3.00. The lowest BCUT2D eigenvalue weighted by Gasteiger charge is -2.35. The van der Waals surface area contributed by atoms with E-state index in [0.717, 1.165) is 49.1 Å². The predicted octanol–water partition coefficient (Wildman–Crippen LogP) is 12.0. The molecule has 0 aromatic carbocycles. The van der Waals surface area contributed by atoms with Crippen molar-refractivity contribution >= 4 is 30.7 Å². The number of hydrogen-bond donors (Lipinski definition) is 0. The van der Waals surface area contributed by atoms with Gasteiger partial charge in [0.1, 0.15) is 0 Å². The smallest absolute Gasteiger partial charge is 0.192 e. The van der Waals surface area contributed by atoms with E-state index in [9.17, 15) is 4.79 Å². The Balaban J connectivity index is 5.65. The molecular weight excluding hydrogens is 605 g/mol. The normalized spacial score (nSPS) is 16.7. The summed E-state index contributed by atoms with van der Waals surface area (Å²) in [5, 5.41) is 0.200. The summed E-state index contributed by atoms with van der Waals surface area (Å²) in [4.78, 5) is 13.1. The van der Waals surface area contributed by atoms with E-state index in [1.165, 1.54) is 5.57 Å². The summed E-state index contributed by atoms with van der Waals surface area (Å²) >= 11 is 0. The maximum absolute atomic E-state index is 13.1. The zero-order valence-corrected chi connectivity index (χ0v) is 35.2. The van der Waals surface area contributed by atoms with Crippen LogP contribution in [0.3, 0.4) is 0 Å². The van der Waals surface area contributed by atoms with E-state index in [2.05, 4.69) is 127 Å². The monoisotopic (exact) mass is 678 g/mol. The van der Waals surface area contributed by atoms with Crippen LogP contribution in [0.15, 0.2) is 48.6 Å². The highest BCUT2D eigenvalue weighted by Crippen LogP contribution is 2.36. The van der Waals surface area contributed by atoms with Crippen LogP contribution in [-0.4, -0.2) is 49.6 Å². The highest BCUT2D eigenvalue weighted by molar-refractivity contribution is 6.74. The van der Waals surface area contributed by atoms with Crippen LogP contribution in [0, 0.1) is 11.8 Å². The van der Waals surface area contributed by atoms with Gasteiger partial charge in [-0.1, -0.05) is 112 Å². The zero-order valence-electron chi connectivity index (χ0n) is 32.2. The first-order chi connectivity index (χ1) is 20.9. The van der Waals surface area contributed by atoms with Gasteiger partial charge < -0.3 is 13.3 Å². The van der Waals surface area contributed by atoms with E-state index in [1.807, 2.05) is 6.08 Å². The molecule has 0 saturated heterocycles. The van der Waals surface area contributed by atoms with Gasteiger partial charge in [-0.2, -0.15) is 0 Å². The van der Waals surface area contributed by atoms with Crippen molar-refractivity contribution in [3.63, 3.8) is 0 Å². The molecule has 0 unspecified atom stereocenters. The van der Waals surface area contributed by atoms with Crippen molar-refractivity contribution in [2.75, 3.05) is 6.61 Å². The Labute approximate surface area is 283 Å². The molecule has 0 fully saturated rings. The molecule has 0 aliphatic carbocycles. The first-order valence-corrected chi connectivity index (χ1v) is 26.1. The van der Waals surface area contributed by atoms with Crippen LogP contribution >= 0.6 is 0 Å². The molecule has 0 aliphatic heterocycles. The molecule has 0 aromatic heterocycles. The lowest BCUT2D eigenvalue weighted by Crippen LogP contribution is -2.41. The molecule has 0 amide bonds. The van der Waals surface area contributed by atoms with E-state index in [4.69, 9.17) is 13.3 Å². The Bertz CT molecular complexity index is 923. The topological polar surface area (TPSA) is 44.8 Å². The molecule has 4 nitrogen and oxygen atoms in total. The van der Waals surface area contributed by atoms with Gasteiger partial charge in [-0.15, -0.1) is 6.58 Å². The minimum absolute atomic E-state index is 0.00235. The fraction of sp³-hybridized carbons (Fsp3) is 0.763. The van der Waals surface area contributed by atoms with Crippen LogP contribution in [-0.2, 0) is 18.1 Å². The first kappa shape index (κ1) is 44.2. The van der Waals surface area contributed by atoms with Crippen LogP contribution < -0.4 is 0 Å². The van der Waals surface area contributed by atoms with Crippen molar-refractivity contribution in [3.05, 3.63) is 48.6 Å². The summed E-state index contributed by atoms with van der Waals surface area (Å²) in [5.74, 6) is 0.592. The Hall–Kier alpha value is -0.839. The fourth-order valence-corrected chi connectivity index (χ4v) is 12.2. The standard InChI is InChI=1S/C38H74O4Si3/c1-16-23-36(41-44(17-2,18-3)19-4)33(9)25-27-35(39)28-26-34(10)37(42-45(20-5,21-6)22-7)29-24-32(8)30-31-40-43(14,15)38(11,12)13/h16,24-25,27,29-30,33-34,36-37H,1,17-23,26,28,31H2,2-15H3/b27-25+,29-24+,32-30+/t33-,34-,36+,37-/m0/s1. The minimum Gasteiger partial charge on any atom is -0.413 e. The predicted molar refractivity (Wildman–Crippen MR) is 207 cm³/mol. The van der Waals surface area contributed by atoms with Gasteiger partial charge in [0.25, 0.3) is 0 Å². The highest BCUT2D eigenvalue weighted by atomic mass is 28.4. The van der Waals surface area contributed by atoms with Gasteiger partial charge in [-0.3, -0.25) is 4.79 Å². The maximum atomic E-state index is 13.1. The molecule has 0 radical (unpaired) electrons. The first-order valence-electron chi connectivity index (χ1n) is 18.1. The fourth-order valence-electron chi connectivity index (χ4n) is 5.40. The molecule has 0 rings (SSSR count). The van der Waals surface area contributed by atoms with Crippen LogP contribution in [0.4, 0.5) is 0 Å². The minimum atomic E-state index is -1.83. The molecule has 7 heteroatoms. The molecule has 0 N–H and O–H groups in total. The van der Waals surface area contributed by atoms with Crippen molar-refractivity contribution in [2.24, 2.45) is 11.8 Å². The molecule has 0 saturated carbocycles. The van der Waals surface area contributed by atoms with Gasteiger partial charge in [0.2, 0.25) is 0 Å². The molecule has 4 atom stereocenters. The number of hydrogen-bond acceptors (Lipinski definition) is 4.